The molecule has 0 aliphatic heterocycles. The third kappa shape index (κ3) is 8.89. The van der Waals surface area contributed by atoms with Gasteiger partial charge >= 0.3 is 0 Å². The van der Waals surface area contributed by atoms with Gasteiger partial charge in [0.15, 0.2) is 0 Å². The first-order valence-electron chi connectivity index (χ1n) is 14.2. The highest BCUT2D eigenvalue weighted by molar-refractivity contribution is 7.89. The molecule has 0 spiro atoms. The fraction of sp³-hybridized carbons (Fsp3) is 0.344. The first-order chi connectivity index (χ1) is 20.0. The van der Waals surface area contributed by atoms with Gasteiger partial charge in [-0.05, 0) is 61.4 Å². The fourth-order valence-corrected chi connectivity index (χ4v) is 6.44. The van der Waals surface area contributed by atoms with E-state index in [9.17, 15) is 18.0 Å². The van der Waals surface area contributed by atoms with Crippen molar-refractivity contribution in [3.05, 3.63) is 90.0 Å². The highest BCUT2D eigenvalue weighted by atomic mass is 35.5. The molecule has 0 unspecified atom stereocenters. The van der Waals surface area contributed by atoms with E-state index in [-0.39, 0.29) is 35.6 Å². The van der Waals surface area contributed by atoms with E-state index in [1.165, 1.54) is 0 Å². The highest BCUT2D eigenvalue weighted by Gasteiger charge is 2.38. The Morgan fingerprint density at radius 1 is 0.907 bits per heavy atom. The molecule has 1 fully saturated rings. The van der Waals surface area contributed by atoms with Crippen molar-refractivity contribution in [2.24, 2.45) is 11.7 Å². The topological polar surface area (TPSA) is 154 Å². The molecule has 0 saturated heterocycles. The van der Waals surface area contributed by atoms with E-state index in [0.717, 1.165) is 48.8 Å². The Labute approximate surface area is 260 Å². The molecule has 3 aromatic rings. The Kier molecular flexibility index (Phi) is 11.5. The van der Waals surface area contributed by atoms with Crippen molar-refractivity contribution in [3.8, 4) is 11.1 Å². The van der Waals surface area contributed by atoms with Gasteiger partial charge in [-0.15, -0.1) is 12.4 Å². The second-order valence-corrected chi connectivity index (χ2v) is 13.0. The predicted molar refractivity (Wildman–Crippen MR) is 171 cm³/mol. The average Bonchev–Trinajstić information content (AvgIpc) is 2.99. The number of sulfonamides is 1. The molecule has 43 heavy (non-hydrogen) atoms. The maximum Gasteiger partial charge on any atom is 0.245 e. The zero-order valence-corrected chi connectivity index (χ0v) is 26.1. The van der Waals surface area contributed by atoms with Crippen LogP contribution < -0.4 is 21.1 Å². The molecular formula is C32H40ClN5O4S. The predicted octanol–water partition coefficient (Wildman–Crippen LogP) is 4.50. The van der Waals surface area contributed by atoms with Crippen LogP contribution in [0.1, 0.15) is 57.1 Å². The molecule has 9 nitrogen and oxygen atoms in total. The summed E-state index contributed by atoms with van der Waals surface area (Å²) in [4.78, 5) is 26.8. The van der Waals surface area contributed by atoms with Gasteiger partial charge in [0.2, 0.25) is 21.8 Å². The Morgan fingerprint density at radius 3 is 2.07 bits per heavy atom. The molecular weight excluding hydrogens is 586 g/mol. The monoisotopic (exact) mass is 625 g/mol. The van der Waals surface area contributed by atoms with Gasteiger partial charge in [0.25, 0.3) is 0 Å². The van der Waals surface area contributed by atoms with Gasteiger partial charge in [-0.1, -0.05) is 86.0 Å². The number of carbonyl (C=O) groups excluding carboxylic acids is 2. The van der Waals surface area contributed by atoms with Crippen LogP contribution in [-0.2, 0) is 26.2 Å². The lowest BCUT2D eigenvalue weighted by Crippen LogP contribution is -2.60. The van der Waals surface area contributed by atoms with Gasteiger partial charge in [0.05, 0.1) is 4.90 Å². The first-order valence-corrected chi connectivity index (χ1v) is 15.7. The summed E-state index contributed by atoms with van der Waals surface area (Å²) in [5.41, 5.74) is 7.45. The van der Waals surface area contributed by atoms with Gasteiger partial charge in [-0.2, -0.15) is 4.72 Å². The minimum absolute atomic E-state index is 0. The first kappa shape index (κ1) is 33.8. The van der Waals surface area contributed by atoms with Gasteiger partial charge in [0.1, 0.15) is 17.4 Å². The van der Waals surface area contributed by atoms with Crippen LogP contribution in [0.2, 0.25) is 0 Å². The maximum atomic E-state index is 13.6. The summed E-state index contributed by atoms with van der Waals surface area (Å²) in [5.74, 6) is -1.16. The van der Waals surface area contributed by atoms with Crippen LogP contribution in [0.5, 0.6) is 0 Å². The van der Waals surface area contributed by atoms with E-state index in [4.69, 9.17) is 11.1 Å². The largest absolute Gasteiger partial charge is 0.384 e. The number of amidine groups is 1. The number of nitrogen functional groups attached to an aromatic ring is 1. The quantitative estimate of drug-likeness (QED) is 0.157. The molecule has 0 aromatic heterocycles. The number of amides is 2. The Balaban J connectivity index is 0.00000506. The van der Waals surface area contributed by atoms with Crippen molar-refractivity contribution >= 4 is 40.1 Å². The molecule has 11 heteroatoms. The summed E-state index contributed by atoms with van der Waals surface area (Å²) < 4.78 is 29.6. The number of nitrogens with one attached hydrogen (secondary N) is 4. The number of hydrogen-bond donors (Lipinski definition) is 5. The Hall–Kier alpha value is -3.73. The van der Waals surface area contributed by atoms with E-state index in [2.05, 4.69) is 15.4 Å². The second kappa shape index (κ2) is 14.6. The summed E-state index contributed by atoms with van der Waals surface area (Å²) in [5, 5.41) is 13.1. The van der Waals surface area contributed by atoms with Crippen molar-refractivity contribution in [2.45, 2.75) is 69.0 Å². The standard InChI is InChI=1S/C32H39N5O4S.ClH/c1-32(2,31(39)35-21-22-13-15-26(16-14-22)29(33)34)36-30(38)28(25-11-7-4-8-12-25)37-42(40,41)27-19-17-24(18-20-27)23-9-5-3-6-10-23;/h3,5-6,9-10,13-20,25,28,37H,4,7-8,11-12,21H2,1-2H3,(H3,33,34)(H,35,39)(H,36,38);1H/t28-;/m1./s1. The molecule has 230 valence electrons. The molecule has 1 saturated carbocycles. The van der Waals surface area contributed by atoms with Crippen LogP contribution in [-0.4, -0.2) is 37.6 Å². The summed E-state index contributed by atoms with van der Waals surface area (Å²) in [6, 6.07) is 22.2. The lowest BCUT2D eigenvalue weighted by atomic mass is 9.83. The summed E-state index contributed by atoms with van der Waals surface area (Å²) in [6.45, 7) is 3.40. The summed E-state index contributed by atoms with van der Waals surface area (Å²) in [6.07, 6.45) is 4.30. The summed E-state index contributed by atoms with van der Waals surface area (Å²) in [7, 11) is -4.02. The normalized spacial score (nSPS) is 14.7. The number of nitrogens with two attached hydrogens (primary N) is 1. The van der Waals surface area contributed by atoms with E-state index in [1.807, 2.05) is 30.3 Å². The zero-order valence-electron chi connectivity index (χ0n) is 24.4. The highest BCUT2D eigenvalue weighted by Crippen LogP contribution is 2.28. The van der Waals surface area contributed by atoms with Crippen molar-refractivity contribution in [1.29, 1.82) is 5.41 Å². The molecule has 6 N–H and O–H groups in total. The maximum absolute atomic E-state index is 13.6. The van der Waals surface area contributed by atoms with Crippen LogP contribution in [0.15, 0.2) is 83.8 Å². The van der Waals surface area contributed by atoms with Crippen LogP contribution in [0, 0.1) is 11.3 Å². The number of halogens is 1. The van der Waals surface area contributed by atoms with Crippen LogP contribution in [0.25, 0.3) is 11.1 Å². The minimum atomic E-state index is -4.02. The van der Waals surface area contributed by atoms with Gasteiger partial charge in [0, 0.05) is 12.1 Å². The van der Waals surface area contributed by atoms with Crippen LogP contribution in [0.3, 0.4) is 0 Å². The molecule has 1 aliphatic rings. The SMILES string of the molecule is CC(C)(NC(=O)[C@H](NS(=O)(=O)c1ccc(-c2ccccc2)cc1)C1CCCCC1)C(=O)NCc1ccc(C(=N)N)cc1.Cl. The van der Waals surface area contributed by atoms with Gasteiger partial charge in [-0.3, -0.25) is 15.0 Å². The third-order valence-electron chi connectivity index (χ3n) is 7.68. The minimum Gasteiger partial charge on any atom is -0.384 e. The van der Waals surface area contributed by atoms with E-state index in [0.29, 0.717) is 5.56 Å². The van der Waals surface area contributed by atoms with Crippen LogP contribution in [0.4, 0.5) is 0 Å². The second-order valence-electron chi connectivity index (χ2n) is 11.3. The third-order valence-corrected chi connectivity index (χ3v) is 9.14. The lowest BCUT2D eigenvalue weighted by molar-refractivity contribution is -0.133. The molecule has 0 bridgehead atoms. The Bertz CT molecular complexity index is 1510. The van der Waals surface area contributed by atoms with Gasteiger partial charge < -0.3 is 16.4 Å². The molecule has 3 aromatic carbocycles. The zero-order chi connectivity index (χ0) is 30.3. The molecule has 0 radical (unpaired) electrons. The number of rotatable bonds is 11. The summed E-state index contributed by atoms with van der Waals surface area (Å²) >= 11 is 0. The van der Waals surface area contributed by atoms with E-state index in [1.54, 1.807) is 62.4 Å². The molecule has 1 aliphatic carbocycles. The van der Waals surface area contributed by atoms with Crippen molar-refractivity contribution in [1.82, 2.24) is 15.4 Å². The fourth-order valence-electron chi connectivity index (χ4n) is 5.17. The van der Waals surface area contributed by atoms with Gasteiger partial charge in [-0.25, -0.2) is 8.42 Å². The number of hydrogen-bond acceptors (Lipinski definition) is 5. The number of benzene rings is 3. The smallest absolute Gasteiger partial charge is 0.245 e. The molecule has 0 heterocycles. The van der Waals surface area contributed by atoms with Crippen molar-refractivity contribution < 1.29 is 18.0 Å². The van der Waals surface area contributed by atoms with E-state index < -0.39 is 33.4 Å². The molecule has 4 rings (SSSR count). The van der Waals surface area contributed by atoms with Crippen molar-refractivity contribution in [2.75, 3.05) is 0 Å². The molecule has 1 atom stereocenters. The van der Waals surface area contributed by atoms with E-state index >= 15 is 0 Å². The van der Waals surface area contributed by atoms with Crippen LogP contribution >= 0.6 is 12.4 Å². The Morgan fingerprint density at radius 2 is 1.49 bits per heavy atom. The molecule has 2 amide bonds. The van der Waals surface area contributed by atoms with Crippen molar-refractivity contribution in [3.63, 3.8) is 0 Å². The lowest BCUT2D eigenvalue weighted by Gasteiger charge is -2.33. The average molecular weight is 626 g/mol. The number of carbonyl (C=O) groups is 2.